The fourth-order valence-corrected chi connectivity index (χ4v) is 4.35. The van der Waals surface area contributed by atoms with Gasteiger partial charge in [-0.3, -0.25) is 19.7 Å². The van der Waals surface area contributed by atoms with Gasteiger partial charge in [0.05, 0.1) is 23.6 Å². The molecule has 1 heterocycles. The Hall–Kier alpha value is -3.49. The average Bonchev–Trinajstić information content (AvgIpc) is 3.59. The van der Waals surface area contributed by atoms with Gasteiger partial charge in [0.1, 0.15) is 5.75 Å². The SMILES string of the molecule is COc1ccc(CN(C(=O)C2CC(=O)N(c3ccc(F)c([N+](=O)[O-])c3)C2)C(C)C2CC2)cc1. The number of nitro benzene ring substituents is 1. The minimum atomic E-state index is -0.966. The van der Waals surface area contributed by atoms with Crippen LogP contribution < -0.4 is 9.64 Å². The third-order valence-electron chi connectivity index (χ3n) is 6.50. The van der Waals surface area contributed by atoms with Crippen molar-refractivity contribution in [2.75, 3.05) is 18.6 Å². The number of amides is 2. The number of carbonyl (C=O) groups excluding carboxylic acids is 2. The zero-order valence-corrected chi connectivity index (χ0v) is 18.6. The highest BCUT2D eigenvalue weighted by atomic mass is 19.1. The van der Waals surface area contributed by atoms with Gasteiger partial charge in [0, 0.05) is 31.6 Å². The molecule has 2 aromatic carbocycles. The lowest BCUT2D eigenvalue weighted by Gasteiger charge is -2.32. The van der Waals surface area contributed by atoms with Crippen molar-refractivity contribution in [2.45, 2.75) is 38.8 Å². The van der Waals surface area contributed by atoms with Crippen LogP contribution in [0.3, 0.4) is 0 Å². The maximum absolute atomic E-state index is 13.7. The number of carbonyl (C=O) groups is 2. The number of nitro groups is 1. The number of ether oxygens (including phenoxy) is 1. The fourth-order valence-electron chi connectivity index (χ4n) is 4.35. The molecule has 2 amide bonds. The Bertz CT molecular complexity index is 1070. The molecule has 2 unspecified atom stereocenters. The number of nitrogens with zero attached hydrogens (tertiary/aromatic N) is 3. The van der Waals surface area contributed by atoms with Crippen LogP contribution in [0.2, 0.25) is 0 Å². The molecular weight excluding hydrogens is 429 g/mol. The highest BCUT2D eigenvalue weighted by Gasteiger charge is 2.41. The molecule has 33 heavy (non-hydrogen) atoms. The van der Waals surface area contributed by atoms with E-state index in [2.05, 4.69) is 0 Å². The summed E-state index contributed by atoms with van der Waals surface area (Å²) in [4.78, 5) is 39.7. The van der Waals surface area contributed by atoms with E-state index in [1.807, 2.05) is 36.1 Å². The molecule has 0 spiro atoms. The second kappa shape index (κ2) is 9.17. The van der Waals surface area contributed by atoms with Gasteiger partial charge in [-0.1, -0.05) is 12.1 Å². The maximum Gasteiger partial charge on any atom is 0.306 e. The van der Waals surface area contributed by atoms with Crippen molar-refractivity contribution in [3.8, 4) is 5.75 Å². The minimum Gasteiger partial charge on any atom is -0.497 e. The van der Waals surface area contributed by atoms with Crippen LogP contribution in [0.4, 0.5) is 15.8 Å². The molecule has 8 nitrogen and oxygen atoms in total. The molecule has 9 heteroatoms. The number of halogens is 1. The molecule has 0 bridgehead atoms. The first-order chi connectivity index (χ1) is 15.8. The number of benzene rings is 2. The lowest BCUT2D eigenvalue weighted by atomic mass is 10.0. The third kappa shape index (κ3) is 4.81. The van der Waals surface area contributed by atoms with Crippen LogP contribution in [0.15, 0.2) is 42.5 Å². The highest BCUT2D eigenvalue weighted by Crippen LogP contribution is 2.37. The van der Waals surface area contributed by atoms with E-state index < -0.39 is 22.3 Å². The third-order valence-corrected chi connectivity index (χ3v) is 6.50. The maximum atomic E-state index is 13.7. The predicted molar refractivity (Wildman–Crippen MR) is 119 cm³/mol. The smallest absolute Gasteiger partial charge is 0.306 e. The van der Waals surface area contributed by atoms with Gasteiger partial charge in [0.25, 0.3) is 0 Å². The average molecular weight is 455 g/mol. The second-order valence-electron chi connectivity index (χ2n) is 8.69. The van der Waals surface area contributed by atoms with Crippen LogP contribution in [-0.4, -0.2) is 41.3 Å². The number of anilines is 1. The van der Waals surface area contributed by atoms with E-state index >= 15 is 0 Å². The summed E-state index contributed by atoms with van der Waals surface area (Å²) in [7, 11) is 1.60. The normalized spacial score (nSPS) is 18.8. The summed E-state index contributed by atoms with van der Waals surface area (Å²) in [5, 5.41) is 11.1. The van der Waals surface area contributed by atoms with E-state index in [1.54, 1.807) is 7.11 Å². The largest absolute Gasteiger partial charge is 0.497 e. The molecule has 0 N–H and O–H groups in total. The summed E-state index contributed by atoms with van der Waals surface area (Å²) >= 11 is 0. The topological polar surface area (TPSA) is 93.0 Å². The molecule has 174 valence electrons. The Kier molecular flexibility index (Phi) is 6.31. The van der Waals surface area contributed by atoms with Crippen molar-refractivity contribution in [3.63, 3.8) is 0 Å². The summed E-state index contributed by atoms with van der Waals surface area (Å²) in [5.41, 5.74) is 0.492. The molecular formula is C24H26FN3O5. The lowest BCUT2D eigenvalue weighted by molar-refractivity contribution is -0.387. The van der Waals surface area contributed by atoms with Crippen LogP contribution in [0, 0.1) is 27.8 Å². The summed E-state index contributed by atoms with van der Waals surface area (Å²) in [6.45, 7) is 2.57. The van der Waals surface area contributed by atoms with E-state index in [9.17, 15) is 24.1 Å². The molecule has 1 saturated carbocycles. The van der Waals surface area contributed by atoms with E-state index in [0.717, 1.165) is 36.3 Å². The van der Waals surface area contributed by atoms with E-state index in [1.165, 1.54) is 11.0 Å². The van der Waals surface area contributed by atoms with Crippen LogP contribution >= 0.6 is 0 Å². The lowest BCUT2D eigenvalue weighted by Crippen LogP contribution is -2.43. The molecule has 2 aliphatic rings. The van der Waals surface area contributed by atoms with E-state index in [-0.39, 0.29) is 36.5 Å². The molecule has 1 aliphatic carbocycles. The van der Waals surface area contributed by atoms with Gasteiger partial charge < -0.3 is 14.5 Å². The van der Waals surface area contributed by atoms with Crippen LogP contribution in [0.5, 0.6) is 5.75 Å². The summed E-state index contributed by atoms with van der Waals surface area (Å²) in [6, 6.07) is 10.9. The minimum absolute atomic E-state index is 0.0144. The van der Waals surface area contributed by atoms with Gasteiger partial charge in [-0.2, -0.15) is 4.39 Å². The molecule has 4 rings (SSSR count). The zero-order chi connectivity index (χ0) is 23.7. The highest BCUT2D eigenvalue weighted by molar-refractivity contribution is 6.00. The molecule has 1 saturated heterocycles. The van der Waals surface area contributed by atoms with Crippen molar-refractivity contribution in [1.29, 1.82) is 0 Å². The zero-order valence-electron chi connectivity index (χ0n) is 18.6. The van der Waals surface area contributed by atoms with Gasteiger partial charge in [-0.25, -0.2) is 0 Å². The Morgan fingerprint density at radius 3 is 2.58 bits per heavy atom. The van der Waals surface area contributed by atoms with Crippen molar-refractivity contribution in [1.82, 2.24) is 4.90 Å². The van der Waals surface area contributed by atoms with Crippen molar-refractivity contribution in [3.05, 3.63) is 64.0 Å². The summed E-state index contributed by atoms with van der Waals surface area (Å²) in [5.74, 6) is -0.777. The molecule has 2 atom stereocenters. The predicted octanol–water partition coefficient (Wildman–Crippen LogP) is 3.92. The summed E-state index contributed by atoms with van der Waals surface area (Å²) < 4.78 is 18.9. The number of hydrogen-bond acceptors (Lipinski definition) is 5. The Labute approximate surface area is 191 Å². The second-order valence-corrected chi connectivity index (χ2v) is 8.69. The van der Waals surface area contributed by atoms with Crippen molar-refractivity contribution < 1.29 is 23.6 Å². The number of rotatable bonds is 8. The van der Waals surface area contributed by atoms with Gasteiger partial charge in [-0.05, 0) is 55.5 Å². The fraction of sp³-hybridized carbons (Fsp3) is 0.417. The molecule has 2 aromatic rings. The van der Waals surface area contributed by atoms with Crippen LogP contribution in [0.1, 0.15) is 31.7 Å². The first kappa shape index (κ1) is 22.7. The summed E-state index contributed by atoms with van der Waals surface area (Å²) in [6.07, 6.45) is 2.16. The van der Waals surface area contributed by atoms with Crippen molar-refractivity contribution in [2.24, 2.45) is 11.8 Å². The van der Waals surface area contributed by atoms with Gasteiger partial charge >= 0.3 is 5.69 Å². The molecule has 0 radical (unpaired) electrons. The van der Waals surface area contributed by atoms with Crippen molar-refractivity contribution >= 4 is 23.2 Å². The standard InChI is InChI=1S/C24H26FN3O5/c1-15(17-5-6-17)26(13-16-3-8-20(33-2)9-4-16)24(30)18-11-23(29)27(14-18)19-7-10-21(25)22(12-19)28(31)32/h3-4,7-10,12,15,17-18H,5-6,11,13-14H2,1-2H3. The van der Waals surface area contributed by atoms with E-state index in [4.69, 9.17) is 4.74 Å². The first-order valence-electron chi connectivity index (χ1n) is 11.0. The number of hydrogen-bond donors (Lipinski definition) is 0. The van der Waals surface area contributed by atoms with E-state index in [0.29, 0.717) is 12.5 Å². The monoisotopic (exact) mass is 455 g/mol. The van der Waals surface area contributed by atoms with Gasteiger partial charge in [-0.15, -0.1) is 0 Å². The van der Waals surface area contributed by atoms with Gasteiger partial charge in [0.2, 0.25) is 17.6 Å². The van der Waals surface area contributed by atoms with Crippen LogP contribution in [-0.2, 0) is 16.1 Å². The Balaban J connectivity index is 1.53. The Morgan fingerprint density at radius 1 is 1.27 bits per heavy atom. The quantitative estimate of drug-likeness (QED) is 0.444. The molecule has 1 aliphatic heterocycles. The Morgan fingerprint density at radius 2 is 1.97 bits per heavy atom. The number of methoxy groups -OCH3 is 1. The van der Waals surface area contributed by atoms with Gasteiger partial charge in [0.15, 0.2) is 0 Å². The molecule has 2 fully saturated rings. The van der Waals surface area contributed by atoms with Crippen LogP contribution in [0.25, 0.3) is 0 Å². The molecule has 0 aromatic heterocycles. The first-order valence-corrected chi connectivity index (χ1v) is 11.0.